The van der Waals surface area contributed by atoms with Gasteiger partial charge in [-0.05, 0) is 18.2 Å². The van der Waals surface area contributed by atoms with Crippen molar-refractivity contribution in [2.75, 3.05) is 6.61 Å². The van der Waals surface area contributed by atoms with Gasteiger partial charge < -0.3 is 14.3 Å². The second-order valence-corrected chi connectivity index (χ2v) is 12.0. The normalized spacial score (nSPS) is 12.1. The van der Waals surface area contributed by atoms with Crippen LogP contribution < -0.4 is 5.59 Å². The zero-order valence-electron chi connectivity index (χ0n) is 12.1. The molecule has 0 saturated heterocycles. The Kier molecular flexibility index (Phi) is 4.91. The van der Waals surface area contributed by atoms with Crippen LogP contribution >= 0.6 is 11.6 Å². The Hall–Kier alpha value is -0.818. The summed E-state index contributed by atoms with van der Waals surface area (Å²) >= 11 is 6.14. The standard InChI is InChI=1S/C13H19BClN2O2Si/c1-20(2,3)7-6-19-9-17-12(14-18)8-10-11(15)4-5-16-13(10)17/h4-5,8,18H,6-7,9H2,1-3H3. The van der Waals surface area contributed by atoms with Crippen molar-refractivity contribution in [3.8, 4) is 0 Å². The summed E-state index contributed by atoms with van der Waals surface area (Å²) in [5.41, 5.74) is 1.37. The lowest BCUT2D eigenvalue weighted by molar-refractivity contribution is 0.0916. The molecule has 4 nitrogen and oxygen atoms in total. The number of halogens is 1. The zero-order valence-corrected chi connectivity index (χ0v) is 13.8. The number of rotatable bonds is 6. The highest BCUT2D eigenvalue weighted by molar-refractivity contribution is 6.76. The van der Waals surface area contributed by atoms with Crippen molar-refractivity contribution >= 4 is 43.8 Å². The van der Waals surface area contributed by atoms with Crippen LogP contribution in [0.1, 0.15) is 0 Å². The van der Waals surface area contributed by atoms with E-state index in [4.69, 9.17) is 16.3 Å². The lowest BCUT2D eigenvalue weighted by atomic mass is 9.96. The maximum Gasteiger partial charge on any atom is 0.345 e. The van der Waals surface area contributed by atoms with E-state index in [1.54, 1.807) is 12.3 Å². The molecule has 0 fully saturated rings. The van der Waals surface area contributed by atoms with Crippen LogP contribution in [0.2, 0.25) is 30.7 Å². The van der Waals surface area contributed by atoms with Gasteiger partial charge in [-0.15, -0.1) is 0 Å². The maximum absolute atomic E-state index is 9.33. The Morgan fingerprint density at radius 1 is 1.45 bits per heavy atom. The number of nitrogens with zero attached hydrogens (tertiary/aromatic N) is 2. The van der Waals surface area contributed by atoms with Crippen LogP contribution in [0, 0.1) is 0 Å². The van der Waals surface area contributed by atoms with E-state index >= 15 is 0 Å². The van der Waals surface area contributed by atoms with E-state index < -0.39 is 8.07 Å². The smallest absolute Gasteiger partial charge is 0.345 e. The first-order valence-corrected chi connectivity index (χ1v) is 10.7. The van der Waals surface area contributed by atoms with Crippen LogP contribution in [0.5, 0.6) is 0 Å². The van der Waals surface area contributed by atoms with Crippen LogP contribution in [-0.2, 0) is 11.5 Å². The van der Waals surface area contributed by atoms with Gasteiger partial charge in [0.2, 0.25) is 0 Å². The first kappa shape index (κ1) is 15.6. The van der Waals surface area contributed by atoms with E-state index in [2.05, 4.69) is 24.6 Å². The molecule has 20 heavy (non-hydrogen) atoms. The molecule has 0 spiro atoms. The van der Waals surface area contributed by atoms with Crippen molar-refractivity contribution in [3.63, 3.8) is 0 Å². The molecule has 0 unspecified atom stereocenters. The van der Waals surface area contributed by atoms with Crippen LogP contribution in [0.4, 0.5) is 0 Å². The van der Waals surface area contributed by atoms with E-state index in [1.807, 2.05) is 10.6 Å². The number of fused-ring (bicyclic) bond motifs is 1. The average molecular weight is 310 g/mol. The first-order chi connectivity index (χ1) is 9.42. The molecule has 0 aliphatic rings. The molecule has 1 radical (unpaired) electrons. The van der Waals surface area contributed by atoms with Crippen LogP contribution in [0.25, 0.3) is 11.0 Å². The molecule has 1 N–H and O–H groups in total. The third-order valence-corrected chi connectivity index (χ3v) is 5.16. The lowest BCUT2D eigenvalue weighted by Crippen LogP contribution is -2.26. The van der Waals surface area contributed by atoms with Crippen molar-refractivity contribution in [3.05, 3.63) is 23.4 Å². The Labute approximate surface area is 126 Å². The van der Waals surface area contributed by atoms with Crippen LogP contribution in [-0.4, -0.2) is 36.7 Å². The molecule has 0 amide bonds. The second kappa shape index (κ2) is 6.30. The predicted molar refractivity (Wildman–Crippen MR) is 86.5 cm³/mol. The molecular weight excluding hydrogens is 291 g/mol. The van der Waals surface area contributed by atoms with Gasteiger partial charge >= 0.3 is 7.48 Å². The van der Waals surface area contributed by atoms with Crippen molar-refractivity contribution in [2.24, 2.45) is 0 Å². The van der Waals surface area contributed by atoms with Crippen molar-refractivity contribution in [1.29, 1.82) is 0 Å². The van der Waals surface area contributed by atoms with E-state index in [-0.39, 0.29) is 0 Å². The largest absolute Gasteiger partial charge is 0.449 e. The topological polar surface area (TPSA) is 47.3 Å². The summed E-state index contributed by atoms with van der Waals surface area (Å²) in [6, 6.07) is 4.66. The van der Waals surface area contributed by atoms with E-state index in [0.29, 0.717) is 17.3 Å². The van der Waals surface area contributed by atoms with Gasteiger partial charge in [-0.3, -0.25) is 0 Å². The van der Waals surface area contributed by atoms with Crippen LogP contribution in [0.3, 0.4) is 0 Å². The van der Waals surface area contributed by atoms with Crippen LogP contribution in [0.15, 0.2) is 18.3 Å². The molecule has 2 heterocycles. The van der Waals surface area contributed by atoms with E-state index in [0.717, 1.165) is 31.2 Å². The summed E-state index contributed by atoms with van der Waals surface area (Å²) in [6.07, 6.45) is 1.66. The summed E-state index contributed by atoms with van der Waals surface area (Å²) in [6.45, 7) is 8.04. The van der Waals surface area contributed by atoms with Gasteiger partial charge in [0.15, 0.2) is 0 Å². The quantitative estimate of drug-likeness (QED) is 0.657. The number of pyridine rings is 1. The van der Waals surface area contributed by atoms with Gasteiger partial charge in [-0.1, -0.05) is 31.2 Å². The SMILES string of the molecule is C[Si](C)(C)CCOCn1c([B]O)cc2c(Cl)ccnc21. The third-order valence-electron chi connectivity index (χ3n) is 3.12. The third kappa shape index (κ3) is 3.63. The minimum absolute atomic E-state index is 0.369. The Morgan fingerprint density at radius 2 is 2.20 bits per heavy atom. The van der Waals surface area contributed by atoms with E-state index in [9.17, 15) is 5.02 Å². The highest BCUT2D eigenvalue weighted by Crippen LogP contribution is 2.21. The van der Waals surface area contributed by atoms with Crippen molar-refractivity contribution < 1.29 is 9.76 Å². The second-order valence-electron chi connectivity index (χ2n) is 6.00. The minimum atomic E-state index is -1.09. The fourth-order valence-electron chi connectivity index (χ4n) is 1.91. The first-order valence-electron chi connectivity index (χ1n) is 6.61. The monoisotopic (exact) mass is 309 g/mol. The number of hydrogen-bond donors (Lipinski definition) is 1. The van der Waals surface area contributed by atoms with Gasteiger partial charge in [0.25, 0.3) is 0 Å². The molecule has 107 valence electrons. The average Bonchev–Trinajstić information content (AvgIpc) is 2.73. The highest BCUT2D eigenvalue weighted by atomic mass is 35.5. The fourth-order valence-corrected chi connectivity index (χ4v) is 2.87. The summed E-state index contributed by atoms with van der Waals surface area (Å²) in [7, 11) is -0.0366. The Morgan fingerprint density at radius 3 is 2.85 bits per heavy atom. The summed E-state index contributed by atoms with van der Waals surface area (Å²) in [5, 5.41) is 10.8. The molecule has 0 atom stereocenters. The summed E-state index contributed by atoms with van der Waals surface area (Å²) < 4.78 is 7.55. The maximum atomic E-state index is 9.33. The minimum Gasteiger partial charge on any atom is -0.449 e. The van der Waals surface area contributed by atoms with E-state index in [1.165, 1.54) is 0 Å². The molecule has 7 heteroatoms. The van der Waals surface area contributed by atoms with Crippen molar-refractivity contribution in [1.82, 2.24) is 9.55 Å². The predicted octanol–water partition coefficient (Wildman–Crippen LogP) is 2.24. The molecule has 2 rings (SSSR count). The molecule has 2 aromatic rings. The van der Waals surface area contributed by atoms with Gasteiger partial charge in [-0.2, -0.15) is 0 Å². The molecular formula is C13H19BClN2O2Si. The summed E-state index contributed by atoms with van der Waals surface area (Å²) in [4.78, 5) is 4.31. The van der Waals surface area contributed by atoms with Gasteiger partial charge in [-0.25, -0.2) is 4.98 Å². The molecule has 0 aliphatic carbocycles. The molecule has 0 bridgehead atoms. The number of aromatic nitrogens is 2. The highest BCUT2D eigenvalue weighted by Gasteiger charge is 2.14. The molecule has 0 saturated carbocycles. The molecule has 0 aromatic carbocycles. The fraction of sp³-hybridized carbons (Fsp3) is 0.462. The zero-order chi connectivity index (χ0) is 14.8. The Balaban J connectivity index is 2.14. The van der Waals surface area contributed by atoms with Crippen molar-refractivity contribution in [2.45, 2.75) is 32.4 Å². The Bertz CT molecular complexity index is 598. The molecule has 0 aliphatic heterocycles. The number of ether oxygens (including phenoxy) is 1. The lowest BCUT2D eigenvalue weighted by Gasteiger charge is -2.16. The molecule has 2 aromatic heterocycles. The van der Waals surface area contributed by atoms with Gasteiger partial charge in [0, 0.05) is 31.9 Å². The summed E-state index contributed by atoms with van der Waals surface area (Å²) in [5.74, 6) is 0. The van der Waals surface area contributed by atoms with Gasteiger partial charge in [0.1, 0.15) is 12.4 Å². The number of hydrogen-bond acceptors (Lipinski definition) is 3. The van der Waals surface area contributed by atoms with Gasteiger partial charge in [0.05, 0.1) is 5.02 Å².